The summed E-state index contributed by atoms with van der Waals surface area (Å²) in [6.07, 6.45) is 5.46. The van der Waals surface area contributed by atoms with E-state index in [0.717, 1.165) is 39.9 Å². The van der Waals surface area contributed by atoms with Crippen molar-refractivity contribution in [3.63, 3.8) is 0 Å². The average Bonchev–Trinajstić information content (AvgIpc) is 3.53. The highest BCUT2D eigenvalue weighted by Gasteiger charge is 2.23. The molecule has 0 fully saturated rings. The third-order valence-electron chi connectivity index (χ3n) is 6.32. The third-order valence-corrected chi connectivity index (χ3v) is 6.32. The van der Waals surface area contributed by atoms with Crippen molar-refractivity contribution in [1.29, 1.82) is 0 Å². The fourth-order valence-electron chi connectivity index (χ4n) is 4.54. The number of amides is 1. The predicted molar refractivity (Wildman–Crippen MR) is 144 cm³/mol. The van der Waals surface area contributed by atoms with Gasteiger partial charge in [-0.3, -0.25) is 9.48 Å². The van der Waals surface area contributed by atoms with Crippen molar-refractivity contribution in [2.45, 2.75) is 13.0 Å². The van der Waals surface area contributed by atoms with Crippen LogP contribution < -0.4 is 15.5 Å². The van der Waals surface area contributed by atoms with E-state index in [4.69, 9.17) is 0 Å². The lowest BCUT2D eigenvalue weighted by Crippen LogP contribution is -2.26. The zero-order chi connectivity index (χ0) is 25.2. The summed E-state index contributed by atoms with van der Waals surface area (Å²) in [5.74, 6) is 0.762. The van der Waals surface area contributed by atoms with Crippen LogP contribution in [0, 0.1) is 0 Å². The lowest BCUT2D eigenvalue weighted by molar-refractivity contribution is -0.114. The summed E-state index contributed by atoms with van der Waals surface area (Å²) in [6.45, 7) is 4.95. The summed E-state index contributed by atoms with van der Waals surface area (Å²) in [5, 5.41) is 12.1. The van der Waals surface area contributed by atoms with E-state index < -0.39 is 0 Å². The molecule has 6 rings (SSSR count). The van der Waals surface area contributed by atoms with Gasteiger partial charge in [0.1, 0.15) is 6.33 Å². The zero-order valence-electron chi connectivity index (χ0n) is 20.0. The van der Waals surface area contributed by atoms with Crippen molar-refractivity contribution in [3.8, 4) is 0 Å². The van der Waals surface area contributed by atoms with Crippen LogP contribution in [0.3, 0.4) is 0 Å². The molecule has 3 aromatic carbocycles. The quantitative estimate of drug-likeness (QED) is 0.316. The van der Waals surface area contributed by atoms with Crippen molar-refractivity contribution in [2.24, 2.45) is 0 Å². The molecule has 2 aromatic heterocycles. The lowest BCUT2D eigenvalue weighted by Gasteiger charge is -2.15. The van der Waals surface area contributed by atoms with Crippen molar-refractivity contribution in [2.75, 3.05) is 22.1 Å². The van der Waals surface area contributed by atoms with Crippen molar-refractivity contribution < 1.29 is 4.79 Å². The number of fused-ring (bicyclic) bond motifs is 2. The number of hydrogen-bond acceptors (Lipinski definition) is 7. The number of benzene rings is 3. The third kappa shape index (κ3) is 4.62. The number of nitrogens with one attached hydrogen (secondary N) is 2. The highest BCUT2D eigenvalue weighted by molar-refractivity contribution is 6.02. The van der Waals surface area contributed by atoms with Gasteiger partial charge in [0.15, 0.2) is 0 Å². The molecule has 0 atom stereocenters. The minimum Gasteiger partial charge on any atom is -0.324 e. The maximum Gasteiger partial charge on any atom is 0.250 e. The molecule has 5 aromatic rings. The second kappa shape index (κ2) is 9.54. The normalized spacial score (nSPS) is 12.4. The van der Waals surface area contributed by atoms with Crippen LogP contribution in [0.25, 0.3) is 10.9 Å². The summed E-state index contributed by atoms with van der Waals surface area (Å²) in [6, 6.07) is 22.2. The topological polar surface area (TPSA) is 101 Å². The predicted octanol–water partition coefficient (Wildman–Crippen LogP) is 4.83. The van der Waals surface area contributed by atoms with Gasteiger partial charge in [-0.25, -0.2) is 9.97 Å². The molecule has 1 amide bonds. The fraction of sp³-hybridized carbons (Fsp3) is 0.107. The summed E-state index contributed by atoms with van der Waals surface area (Å²) in [5.41, 5.74) is 5.96. The maximum atomic E-state index is 12.0. The molecular formula is C28H24N8O. The van der Waals surface area contributed by atoms with Gasteiger partial charge in [-0.2, -0.15) is 10.1 Å². The molecule has 1 aliphatic rings. The second-order valence-corrected chi connectivity index (χ2v) is 8.73. The summed E-state index contributed by atoms with van der Waals surface area (Å²) >= 11 is 0. The highest BCUT2D eigenvalue weighted by Crippen LogP contribution is 2.31. The summed E-state index contributed by atoms with van der Waals surface area (Å²) in [4.78, 5) is 26.8. The van der Waals surface area contributed by atoms with Gasteiger partial charge in [-0.1, -0.05) is 36.9 Å². The Balaban J connectivity index is 1.16. The van der Waals surface area contributed by atoms with Crippen molar-refractivity contribution >= 4 is 45.8 Å². The van der Waals surface area contributed by atoms with Crippen LogP contribution in [0.15, 0.2) is 91.9 Å². The number of rotatable bonds is 7. The molecule has 3 heterocycles. The number of carbonyl (C=O) groups excluding carboxylic acids is 1. The molecule has 0 spiro atoms. The van der Waals surface area contributed by atoms with Gasteiger partial charge in [-0.05, 0) is 60.0 Å². The molecule has 0 saturated heterocycles. The number of anilines is 5. The van der Waals surface area contributed by atoms with E-state index in [0.29, 0.717) is 25.0 Å². The summed E-state index contributed by atoms with van der Waals surface area (Å²) in [7, 11) is 0. The Labute approximate surface area is 213 Å². The van der Waals surface area contributed by atoms with Crippen LogP contribution in [0.1, 0.15) is 11.1 Å². The Kier molecular flexibility index (Phi) is 5.78. The van der Waals surface area contributed by atoms with Gasteiger partial charge in [-0.15, -0.1) is 0 Å². The first-order valence-corrected chi connectivity index (χ1v) is 12.0. The first-order chi connectivity index (χ1) is 18.2. The van der Waals surface area contributed by atoms with E-state index in [-0.39, 0.29) is 5.91 Å². The minimum absolute atomic E-state index is 0.0885. The Morgan fingerprint density at radius 3 is 2.51 bits per heavy atom. The van der Waals surface area contributed by atoms with Gasteiger partial charge in [0.2, 0.25) is 17.8 Å². The molecular weight excluding hydrogens is 464 g/mol. The first kappa shape index (κ1) is 22.4. The Bertz CT molecular complexity index is 1610. The van der Waals surface area contributed by atoms with Gasteiger partial charge >= 0.3 is 0 Å². The van der Waals surface area contributed by atoms with E-state index in [1.165, 1.54) is 18.0 Å². The molecule has 37 heavy (non-hydrogen) atoms. The van der Waals surface area contributed by atoms with Crippen LogP contribution in [-0.4, -0.2) is 37.2 Å². The lowest BCUT2D eigenvalue weighted by atomic mass is 10.1. The number of hydrogen-bond donors (Lipinski definition) is 2. The molecule has 0 bridgehead atoms. The molecule has 1 aliphatic heterocycles. The molecule has 9 heteroatoms. The van der Waals surface area contributed by atoms with Crippen LogP contribution in [0.2, 0.25) is 0 Å². The fourth-order valence-corrected chi connectivity index (χ4v) is 4.54. The van der Waals surface area contributed by atoms with Gasteiger partial charge in [0, 0.05) is 29.0 Å². The smallest absolute Gasteiger partial charge is 0.250 e. The molecule has 0 unspecified atom stereocenters. The Morgan fingerprint density at radius 1 is 0.973 bits per heavy atom. The van der Waals surface area contributed by atoms with Crippen LogP contribution >= 0.6 is 0 Å². The largest absolute Gasteiger partial charge is 0.324 e. The van der Waals surface area contributed by atoms with Crippen molar-refractivity contribution in [1.82, 2.24) is 24.7 Å². The number of nitrogens with zero attached hydrogens (tertiary/aromatic N) is 6. The van der Waals surface area contributed by atoms with Gasteiger partial charge in [0.05, 0.1) is 18.3 Å². The maximum absolute atomic E-state index is 12.0. The first-order valence-electron chi connectivity index (χ1n) is 12.0. The molecule has 9 nitrogen and oxygen atoms in total. The van der Waals surface area contributed by atoms with Gasteiger partial charge < -0.3 is 15.5 Å². The van der Waals surface area contributed by atoms with Crippen LogP contribution in [-0.2, 0) is 17.8 Å². The van der Waals surface area contributed by atoms with E-state index in [1.54, 1.807) is 4.90 Å². The monoisotopic (exact) mass is 488 g/mol. The highest BCUT2D eigenvalue weighted by atomic mass is 16.2. The Hall–Kier alpha value is -5.05. The molecule has 2 N–H and O–H groups in total. The summed E-state index contributed by atoms with van der Waals surface area (Å²) < 4.78 is 1.99. The standard InChI is InChI=1S/C28H24N8O/c1-2-26(37)35-13-12-20-14-22(8-10-24(20)35)32-27-29-18-30-28(34-27)33-23-9-11-25-21(15-23)16-31-36(25)17-19-6-4-3-5-7-19/h2-11,14-16,18H,1,12-13,17H2,(H2,29,30,32,33,34). The SMILES string of the molecule is C=CC(=O)N1CCc2cc(Nc3ncnc(Nc4ccc5c(cnn5Cc5ccccc5)c4)n3)ccc21. The second-order valence-electron chi connectivity index (χ2n) is 8.73. The average molecular weight is 489 g/mol. The molecule has 182 valence electrons. The molecule has 0 aliphatic carbocycles. The van der Waals surface area contributed by atoms with Gasteiger partial charge in [0.25, 0.3) is 0 Å². The van der Waals surface area contributed by atoms with E-state index >= 15 is 0 Å². The Morgan fingerprint density at radius 2 is 1.73 bits per heavy atom. The molecule has 0 radical (unpaired) electrons. The zero-order valence-corrected chi connectivity index (χ0v) is 20.0. The van der Waals surface area contributed by atoms with E-state index in [9.17, 15) is 4.79 Å². The van der Waals surface area contributed by atoms with Crippen molar-refractivity contribution in [3.05, 3.63) is 103 Å². The van der Waals surface area contributed by atoms with E-state index in [2.05, 4.69) is 49.4 Å². The van der Waals surface area contributed by atoms with E-state index in [1.807, 2.05) is 65.5 Å². The number of carbonyl (C=O) groups is 1. The minimum atomic E-state index is -0.0885. The van der Waals surface area contributed by atoms with Crippen LogP contribution in [0.5, 0.6) is 0 Å². The molecule has 0 saturated carbocycles. The number of aromatic nitrogens is 5. The van der Waals surface area contributed by atoms with Crippen LogP contribution in [0.4, 0.5) is 29.0 Å².